The third kappa shape index (κ3) is 9.19. The number of carbonyl (C=O) groups excluding carboxylic acids is 4. The van der Waals surface area contributed by atoms with Gasteiger partial charge in [-0.3, -0.25) is 9.59 Å². The molecule has 0 aliphatic carbocycles. The number of benzene rings is 3. The number of carbonyl (C=O) groups is 4. The predicted octanol–water partition coefficient (Wildman–Crippen LogP) is 5.69. The normalized spacial score (nSPS) is 12.0. The second-order valence-electron chi connectivity index (χ2n) is 9.61. The lowest BCUT2D eigenvalue weighted by Gasteiger charge is -2.21. The lowest BCUT2D eigenvalue weighted by molar-refractivity contribution is -0.142. The van der Waals surface area contributed by atoms with Crippen LogP contribution in [0.5, 0.6) is 11.5 Å². The van der Waals surface area contributed by atoms with Crippen LogP contribution >= 0.6 is 0 Å². The van der Waals surface area contributed by atoms with Crippen molar-refractivity contribution < 1.29 is 38.1 Å². The number of amides is 1. The van der Waals surface area contributed by atoms with Gasteiger partial charge in [-0.25, -0.2) is 4.79 Å². The number of para-hydroxylation sites is 1. The Morgan fingerprint density at radius 1 is 0.833 bits per heavy atom. The molecule has 0 bridgehead atoms. The van der Waals surface area contributed by atoms with Crippen LogP contribution in [0.3, 0.4) is 0 Å². The minimum absolute atomic E-state index is 0.0961. The molecule has 0 aliphatic heterocycles. The van der Waals surface area contributed by atoms with Gasteiger partial charge in [0.25, 0.3) is 0 Å². The smallest absolute Gasteiger partial charge is 0.337 e. The highest BCUT2D eigenvalue weighted by Gasteiger charge is 2.27. The Kier molecular flexibility index (Phi) is 12.6. The van der Waals surface area contributed by atoms with Gasteiger partial charge in [0.1, 0.15) is 17.8 Å². The largest absolute Gasteiger partial charge is 0.494 e. The van der Waals surface area contributed by atoms with E-state index in [0.717, 1.165) is 24.2 Å². The van der Waals surface area contributed by atoms with Crippen molar-refractivity contribution in [2.24, 2.45) is 0 Å². The molecule has 3 aromatic rings. The van der Waals surface area contributed by atoms with Gasteiger partial charge >= 0.3 is 11.9 Å². The van der Waals surface area contributed by atoms with Crippen molar-refractivity contribution in [3.63, 3.8) is 0 Å². The SMILES string of the molecule is COC(=O)c1ccc(NC(=O)C(C)c2cccc(OCCCCOc3ccccc3)c2)c(C(CCC=O)C(=O)OC)c1. The zero-order valence-electron chi connectivity index (χ0n) is 24.2. The number of esters is 2. The number of methoxy groups -OCH3 is 2. The van der Waals surface area contributed by atoms with Crippen molar-refractivity contribution in [3.05, 3.63) is 89.5 Å². The Bertz CT molecular complexity index is 1340. The second kappa shape index (κ2) is 16.6. The Morgan fingerprint density at radius 3 is 2.19 bits per heavy atom. The van der Waals surface area contributed by atoms with Crippen molar-refractivity contribution in [2.75, 3.05) is 32.8 Å². The van der Waals surface area contributed by atoms with Gasteiger partial charge in [-0.15, -0.1) is 0 Å². The number of unbranched alkanes of at least 4 members (excludes halogenated alkanes) is 1. The number of anilines is 1. The summed E-state index contributed by atoms with van der Waals surface area (Å²) in [5, 5.41) is 2.89. The van der Waals surface area contributed by atoms with Crippen molar-refractivity contribution in [2.45, 2.75) is 44.4 Å². The highest BCUT2D eigenvalue weighted by molar-refractivity contribution is 5.98. The van der Waals surface area contributed by atoms with Crippen LogP contribution in [0.2, 0.25) is 0 Å². The second-order valence-corrected chi connectivity index (χ2v) is 9.61. The monoisotopic (exact) mass is 575 g/mol. The van der Waals surface area contributed by atoms with Crippen LogP contribution in [0.15, 0.2) is 72.8 Å². The summed E-state index contributed by atoms with van der Waals surface area (Å²) in [6.45, 7) is 2.87. The zero-order valence-corrected chi connectivity index (χ0v) is 24.2. The van der Waals surface area contributed by atoms with Crippen LogP contribution in [0.4, 0.5) is 5.69 Å². The highest BCUT2D eigenvalue weighted by atomic mass is 16.5. The fourth-order valence-electron chi connectivity index (χ4n) is 4.35. The van der Waals surface area contributed by atoms with Gasteiger partial charge in [-0.05, 0) is 79.8 Å². The molecule has 0 aliphatic rings. The number of hydrogen-bond donors (Lipinski definition) is 1. The molecule has 0 heterocycles. The summed E-state index contributed by atoms with van der Waals surface area (Å²) in [7, 11) is 2.50. The fraction of sp³-hybridized carbons (Fsp3) is 0.333. The lowest BCUT2D eigenvalue weighted by Crippen LogP contribution is -2.22. The summed E-state index contributed by atoms with van der Waals surface area (Å²) in [5.74, 6) is -1.44. The molecule has 222 valence electrons. The molecule has 2 unspecified atom stereocenters. The molecule has 0 fully saturated rings. The van der Waals surface area contributed by atoms with Crippen LogP contribution in [0.1, 0.15) is 65.9 Å². The topological polar surface area (TPSA) is 117 Å². The molecule has 1 N–H and O–H groups in total. The van der Waals surface area contributed by atoms with Crippen LogP contribution in [-0.2, 0) is 23.9 Å². The summed E-state index contributed by atoms with van der Waals surface area (Å²) >= 11 is 0. The summed E-state index contributed by atoms with van der Waals surface area (Å²) < 4.78 is 21.4. The standard InChI is InChI=1S/C33H37NO8/c1-23(24-11-9-14-27(21-24)42-20-8-7-19-41-26-12-5-4-6-13-26)31(36)34-30-17-16-25(32(37)39-2)22-29(30)28(15-10-18-35)33(38)40-3/h4-6,9,11-14,16-18,21-23,28H,7-8,10,15,19-20H2,1-3H3,(H,34,36). The first-order valence-corrected chi connectivity index (χ1v) is 13.8. The number of ether oxygens (including phenoxy) is 4. The molecule has 0 radical (unpaired) electrons. The predicted molar refractivity (Wildman–Crippen MR) is 158 cm³/mol. The molecule has 0 spiro atoms. The molecule has 42 heavy (non-hydrogen) atoms. The first kappa shape index (κ1) is 31.9. The van der Waals surface area contributed by atoms with Gasteiger partial charge in [-0.1, -0.05) is 30.3 Å². The maximum Gasteiger partial charge on any atom is 0.337 e. The van der Waals surface area contributed by atoms with E-state index in [1.54, 1.807) is 13.0 Å². The van der Waals surface area contributed by atoms with Gasteiger partial charge in [-0.2, -0.15) is 0 Å². The van der Waals surface area contributed by atoms with Crippen molar-refractivity contribution in [1.82, 2.24) is 0 Å². The number of nitrogens with one attached hydrogen (secondary N) is 1. The molecule has 0 saturated heterocycles. The Hall–Kier alpha value is -4.66. The van der Waals surface area contributed by atoms with E-state index in [4.69, 9.17) is 18.9 Å². The van der Waals surface area contributed by atoms with Gasteiger partial charge < -0.3 is 29.1 Å². The van der Waals surface area contributed by atoms with E-state index in [0.29, 0.717) is 36.5 Å². The van der Waals surface area contributed by atoms with Crippen LogP contribution in [-0.4, -0.2) is 51.6 Å². The van der Waals surface area contributed by atoms with Crippen molar-refractivity contribution >= 4 is 29.8 Å². The zero-order chi connectivity index (χ0) is 30.3. The minimum atomic E-state index is -0.870. The fourth-order valence-corrected chi connectivity index (χ4v) is 4.35. The molecule has 0 saturated carbocycles. The molecular weight excluding hydrogens is 538 g/mol. The molecule has 0 aromatic heterocycles. The molecule has 1 amide bonds. The Balaban J connectivity index is 1.66. The summed E-state index contributed by atoms with van der Waals surface area (Å²) in [6, 6.07) is 21.5. The maximum atomic E-state index is 13.3. The van der Waals surface area contributed by atoms with Gasteiger partial charge in [0.15, 0.2) is 0 Å². The average molecular weight is 576 g/mol. The third-order valence-corrected chi connectivity index (χ3v) is 6.74. The lowest BCUT2D eigenvalue weighted by atomic mass is 9.91. The molecular formula is C33H37NO8. The first-order valence-electron chi connectivity index (χ1n) is 13.8. The van der Waals surface area contributed by atoms with E-state index in [-0.39, 0.29) is 24.3 Å². The van der Waals surface area contributed by atoms with Crippen LogP contribution < -0.4 is 14.8 Å². The van der Waals surface area contributed by atoms with Crippen molar-refractivity contribution in [1.29, 1.82) is 0 Å². The Morgan fingerprint density at radius 2 is 1.52 bits per heavy atom. The molecule has 9 heteroatoms. The van der Waals surface area contributed by atoms with E-state index in [1.807, 2.05) is 54.6 Å². The maximum absolute atomic E-state index is 13.3. The minimum Gasteiger partial charge on any atom is -0.494 e. The van der Waals surface area contributed by atoms with Gasteiger partial charge in [0, 0.05) is 12.1 Å². The van der Waals surface area contributed by atoms with Crippen molar-refractivity contribution in [3.8, 4) is 11.5 Å². The summed E-state index contributed by atoms with van der Waals surface area (Å²) in [4.78, 5) is 49.2. The third-order valence-electron chi connectivity index (χ3n) is 6.74. The van der Waals surface area contributed by atoms with Crippen LogP contribution in [0, 0.1) is 0 Å². The highest BCUT2D eigenvalue weighted by Crippen LogP contribution is 2.32. The number of hydrogen-bond acceptors (Lipinski definition) is 8. The van der Waals surface area contributed by atoms with Gasteiger partial charge in [0.05, 0.1) is 44.8 Å². The number of aldehydes is 1. The van der Waals surface area contributed by atoms with E-state index >= 15 is 0 Å². The average Bonchev–Trinajstić information content (AvgIpc) is 3.03. The molecule has 2 atom stereocenters. The molecule has 9 nitrogen and oxygen atoms in total. The van der Waals surface area contributed by atoms with Gasteiger partial charge in [0.2, 0.25) is 5.91 Å². The quantitative estimate of drug-likeness (QED) is 0.132. The number of rotatable bonds is 16. The van der Waals surface area contributed by atoms with E-state index in [9.17, 15) is 19.2 Å². The summed E-state index contributed by atoms with van der Waals surface area (Å²) in [5.41, 5.74) is 1.65. The van der Waals surface area contributed by atoms with E-state index < -0.39 is 23.8 Å². The molecule has 3 aromatic carbocycles. The van der Waals surface area contributed by atoms with E-state index in [1.165, 1.54) is 26.4 Å². The van der Waals surface area contributed by atoms with E-state index in [2.05, 4.69) is 5.32 Å². The molecule has 3 rings (SSSR count). The van der Waals surface area contributed by atoms with Crippen LogP contribution in [0.25, 0.3) is 0 Å². The first-order chi connectivity index (χ1) is 20.4. The summed E-state index contributed by atoms with van der Waals surface area (Å²) in [6.07, 6.45) is 2.59. The Labute approximate surface area is 246 Å².